The van der Waals surface area contributed by atoms with E-state index in [2.05, 4.69) is 71.1 Å². The van der Waals surface area contributed by atoms with Gasteiger partial charge in [0.25, 0.3) is 0 Å². The van der Waals surface area contributed by atoms with Gasteiger partial charge in [0.05, 0.1) is 0 Å². The first kappa shape index (κ1) is 16.2. The summed E-state index contributed by atoms with van der Waals surface area (Å²) >= 11 is 0. The van der Waals surface area contributed by atoms with Crippen molar-refractivity contribution in [2.45, 2.75) is 65.8 Å². The summed E-state index contributed by atoms with van der Waals surface area (Å²) in [7, 11) is 2.04. The summed E-state index contributed by atoms with van der Waals surface area (Å²) in [6.07, 6.45) is 2.34. The molecule has 0 bridgehead atoms. The van der Waals surface area contributed by atoms with Crippen LogP contribution in [-0.4, -0.2) is 13.1 Å². The molecule has 1 rings (SSSR count). The first-order chi connectivity index (χ1) is 8.64. The Labute approximate surface area is 119 Å². The van der Waals surface area contributed by atoms with Crippen molar-refractivity contribution in [3.8, 4) is 0 Å². The Bertz CT molecular complexity index is 381. The van der Waals surface area contributed by atoms with E-state index in [1.807, 2.05) is 7.05 Å². The molecule has 0 fully saturated rings. The standard InChI is InChI=1S/C18H31N/c1-14(19-7)12-18(5,6)13-15-8-10-16(11-9-15)17(2,3)4/h8-11,14,19H,12-13H2,1-7H3. The van der Waals surface area contributed by atoms with Crippen molar-refractivity contribution in [2.24, 2.45) is 5.41 Å². The normalized spacial score (nSPS) is 14.5. The average molecular weight is 261 g/mol. The second-order valence-electron chi connectivity index (χ2n) is 7.68. The van der Waals surface area contributed by atoms with Gasteiger partial charge in [0, 0.05) is 6.04 Å². The van der Waals surface area contributed by atoms with Gasteiger partial charge in [-0.05, 0) is 48.8 Å². The van der Waals surface area contributed by atoms with Crippen LogP contribution in [0.1, 0.15) is 59.1 Å². The predicted molar refractivity (Wildman–Crippen MR) is 85.8 cm³/mol. The molecule has 1 aromatic carbocycles. The Morgan fingerprint density at radius 3 is 1.95 bits per heavy atom. The average Bonchev–Trinajstić information content (AvgIpc) is 2.27. The smallest absolute Gasteiger partial charge is 0.00409 e. The summed E-state index contributed by atoms with van der Waals surface area (Å²) in [5.41, 5.74) is 3.44. The third-order valence-corrected chi connectivity index (χ3v) is 3.85. The van der Waals surface area contributed by atoms with Crippen LogP contribution in [0.15, 0.2) is 24.3 Å². The predicted octanol–water partition coefficient (Wildman–Crippen LogP) is 4.55. The van der Waals surface area contributed by atoms with Gasteiger partial charge in [-0.1, -0.05) is 58.9 Å². The lowest BCUT2D eigenvalue weighted by molar-refractivity contribution is 0.293. The largest absolute Gasteiger partial charge is 0.317 e. The Morgan fingerprint density at radius 1 is 1.00 bits per heavy atom. The Morgan fingerprint density at radius 2 is 1.53 bits per heavy atom. The van der Waals surface area contributed by atoms with Crippen LogP contribution < -0.4 is 5.32 Å². The molecule has 0 radical (unpaired) electrons. The first-order valence-electron chi connectivity index (χ1n) is 7.41. The van der Waals surface area contributed by atoms with Crippen LogP contribution >= 0.6 is 0 Å². The minimum Gasteiger partial charge on any atom is -0.317 e. The van der Waals surface area contributed by atoms with Crippen LogP contribution in [0.3, 0.4) is 0 Å². The minimum absolute atomic E-state index is 0.245. The maximum absolute atomic E-state index is 3.34. The van der Waals surface area contributed by atoms with Crippen LogP contribution in [0.25, 0.3) is 0 Å². The zero-order chi connectivity index (χ0) is 14.7. The van der Waals surface area contributed by atoms with E-state index in [1.165, 1.54) is 17.5 Å². The minimum atomic E-state index is 0.245. The number of rotatable bonds is 5. The van der Waals surface area contributed by atoms with Gasteiger partial charge >= 0.3 is 0 Å². The van der Waals surface area contributed by atoms with E-state index in [-0.39, 0.29) is 5.41 Å². The number of hydrogen-bond donors (Lipinski definition) is 1. The number of nitrogens with one attached hydrogen (secondary N) is 1. The van der Waals surface area contributed by atoms with Crippen molar-refractivity contribution < 1.29 is 0 Å². The zero-order valence-electron chi connectivity index (χ0n) is 13.8. The highest BCUT2D eigenvalue weighted by atomic mass is 14.9. The van der Waals surface area contributed by atoms with Gasteiger partial charge in [0.2, 0.25) is 0 Å². The Kier molecular flexibility index (Phi) is 5.20. The van der Waals surface area contributed by atoms with Crippen LogP contribution in [0.4, 0.5) is 0 Å². The maximum atomic E-state index is 3.34. The van der Waals surface area contributed by atoms with E-state index in [0.717, 1.165) is 6.42 Å². The fourth-order valence-electron chi connectivity index (χ4n) is 2.68. The summed E-state index contributed by atoms with van der Waals surface area (Å²) in [6, 6.07) is 9.74. The monoisotopic (exact) mass is 261 g/mol. The molecule has 0 amide bonds. The van der Waals surface area contributed by atoms with Crippen molar-refractivity contribution in [3.05, 3.63) is 35.4 Å². The molecule has 0 aromatic heterocycles. The second-order valence-corrected chi connectivity index (χ2v) is 7.68. The van der Waals surface area contributed by atoms with E-state index >= 15 is 0 Å². The molecule has 1 nitrogen and oxygen atoms in total. The molecule has 0 aliphatic carbocycles. The molecule has 0 spiro atoms. The van der Waals surface area contributed by atoms with E-state index in [1.54, 1.807) is 0 Å². The van der Waals surface area contributed by atoms with Crippen molar-refractivity contribution in [1.29, 1.82) is 0 Å². The number of hydrogen-bond acceptors (Lipinski definition) is 1. The van der Waals surface area contributed by atoms with Gasteiger partial charge < -0.3 is 5.32 Å². The summed E-state index contributed by atoms with van der Waals surface area (Å²) in [5, 5.41) is 3.34. The van der Waals surface area contributed by atoms with E-state index < -0.39 is 0 Å². The molecule has 0 heterocycles. The number of benzene rings is 1. The molecule has 0 aliphatic rings. The summed E-state index contributed by atoms with van der Waals surface area (Å²) < 4.78 is 0. The summed E-state index contributed by atoms with van der Waals surface area (Å²) in [6.45, 7) is 13.8. The van der Waals surface area contributed by atoms with Gasteiger partial charge in [-0.2, -0.15) is 0 Å². The zero-order valence-corrected chi connectivity index (χ0v) is 13.8. The highest BCUT2D eigenvalue weighted by Crippen LogP contribution is 2.29. The summed E-state index contributed by atoms with van der Waals surface area (Å²) in [5.74, 6) is 0. The quantitative estimate of drug-likeness (QED) is 0.820. The molecule has 1 aromatic rings. The third kappa shape index (κ3) is 5.36. The van der Waals surface area contributed by atoms with E-state index in [0.29, 0.717) is 11.5 Å². The molecular formula is C18H31N. The van der Waals surface area contributed by atoms with Crippen LogP contribution in [0, 0.1) is 5.41 Å². The van der Waals surface area contributed by atoms with Crippen LogP contribution in [-0.2, 0) is 11.8 Å². The fraction of sp³-hybridized carbons (Fsp3) is 0.667. The van der Waals surface area contributed by atoms with Crippen molar-refractivity contribution in [2.75, 3.05) is 7.05 Å². The van der Waals surface area contributed by atoms with Gasteiger partial charge in [0.15, 0.2) is 0 Å². The third-order valence-electron chi connectivity index (χ3n) is 3.85. The van der Waals surface area contributed by atoms with Crippen molar-refractivity contribution in [3.63, 3.8) is 0 Å². The molecular weight excluding hydrogens is 230 g/mol. The maximum Gasteiger partial charge on any atom is 0.00409 e. The van der Waals surface area contributed by atoms with E-state index in [9.17, 15) is 0 Å². The van der Waals surface area contributed by atoms with Crippen LogP contribution in [0.2, 0.25) is 0 Å². The molecule has 1 heteroatoms. The molecule has 0 aliphatic heterocycles. The first-order valence-corrected chi connectivity index (χ1v) is 7.41. The molecule has 1 N–H and O–H groups in total. The topological polar surface area (TPSA) is 12.0 Å². The second kappa shape index (κ2) is 6.09. The molecule has 19 heavy (non-hydrogen) atoms. The molecule has 0 saturated heterocycles. The molecule has 0 saturated carbocycles. The van der Waals surface area contributed by atoms with Gasteiger partial charge in [0.1, 0.15) is 0 Å². The highest BCUT2D eigenvalue weighted by molar-refractivity contribution is 5.28. The lowest BCUT2D eigenvalue weighted by atomic mass is 9.79. The Hall–Kier alpha value is -0.820. The molecule has 1 atom stereocenters. The lowest BCUT2D eigenvalue weighted by Crippen LogP contribution is -2.29. The SMILES string of the molecule is CNC(C)CC(C)(C)Cc1ccc(C(C)(C)C)cc1. The van der Waals surface area contributed by atoms with E-state index in [4.69, 9.17) is 0 Å². The fourth-order valence-corrected chi connectivity index (χ4v) is 2.68. The highest BCUT2D eigenvalue weighted by Gasteiger charge is 2.21. The van der Waals surface area contributed by atoms with Crippen molar-refractivity contribution in [1.82, 2.24) is 5.32 Å². The van der Waals surface area contributed by atoms with Gasteiger partial charge in [-0.25, -0.2) is 0 Å². The van der Waals surface area contributed by atoms with Gasteiger partial charge in [-0.3, -0.25) is 0 Å². The lowest BCUT2D eigenvalue weighted by Gasteiger charge is -2.28. The molecule has 108 valence electrons. The Balaban J connectivity index is 2.72. The van der Waals surface area contributed by atoms with Crippen molar-refractivity contribution >= 4 is 0 Å². The van der Waals surface area contributed by atoms with Crippen LogP contribution in [0.5, 0.6) is 0 Å². The molecule has 1 unspecified atom stereocenters. The summed E-state index contributed by atoms with van der Waals surface area (Å²) in [4.78, 5) is 0. The van der Waals surface area contributed by atoms with Gasteiger partial charge in [-0.15, -0.1) is 0 Å².